The molecule has 0 spiro atoms. The Morgan fingerprint density at radius 2 is 1.91 bits per heavy atom. The van der Waals surface area contributed by atoms with Crippen LogP contribution in [-0.2, 0) is 0 Å². The number of hydrazone groups is 1. The molecule has 0 radical (unpaired) electrons. The predicted octanol–water partition coefficient (Wildman–Crippen LogP) is 3.69. The molecule has 0 heterocycles. The SMILES string of the molecule is COc1ccc(Br)cc1C(=O)NN=Cc1cc(Br)ccc1O. The smallest absolute Gasteiger partial charge is 0.275 e. The van der Waals surface area contributed by atoms with Crippen molar-refractivity contribution in [3.8, 4) is 11.5 Å². The van der Waals surface area contributed by atoms with Crippen LogP contribution in [0.4, 0.5) is 0 Å². The molecule has 114 valence electrons. The van der Waals surface area contributed by atoms with E-state index in [-0.39, 0.29) is 5.75 Å². The number of amides is 1. The topological polar surface area (TPSA) is 70.9 Å². The van der Waals surface area contributed by atoms with Crippen LogP contribution < -0.4 is 10.2 Å². The number of aromatic hydroxyl groups is 1. The van der Waals surface area contributed by atoms with Crippen molar-refractivity contribution in [2.24, 2.45) is 5.10 Å². The van der Waals surface area contributed by atoms with Gasteiger partial charge in [-0.2, -0.15) is 5.10 Å². The van der Waals surface area contributed by atoms with E-state index in [1.54, 1.807) is 30.3 Å². The van der Waals surface area contributed by atoms with Crippen LogP contribution in [0.15, 0.2) is 50.4 Å². The van der Waals surface area contributed by atoms with Crippen LogP contribution in [-0.4, -0.2) is 24.3 Å². The quantitative estimate of drug-likeness (QED) is 0.577. The van der Waals surface area contributed by atoms with Crippen molar-refractivity contribution in [3.05, 3.63) is 56.5 Å². The van der Waals surface area contributed by atoms with Gasteiger partial charge >= 0.3 is 0 Å². The highest BCUT2D eigenvalue weighted by molar-refractivity contribution is 9.10. The average Bonchev–Trinajstić information content (AvgIpc) is 2.50. The number of ether oxygens (including phenoxy) is 1. The zero-order chi connectivity index (χ0) is 16.1. The Kier molecular flexibility index (Phi) is 5.57. The lowest BCUT2D eigenvalue weighted by Gasteiger charge is -2.07. The molecular formula is C15H12Br2N2O3. The van der Waals surface area contributed by atoms with E-state index in [9.17, 15) is 9.90 Å². The maximum absolute atomic E-state index is 12.1. The highest BCUT2D eigenvalue weighted by Gasteiger charge is 2.12. The second-order valence-electron chi connectivity index (χ2n) is 4.25. The zero-order valence-corrected chi connectivity index (χ0v) is 14.7. The lowest BCUT2D eigenvalue weighted by molar-refractivity contribution is 0.0952. The van der Waals surface area contributed by atoms with Crippen molar-refractivity contribution < 1.29 is 14.6 Å². The van der Waals surface area contributed by atoms with Gasteiger partial charge in [0, 0.05) is 14.5 Å². The fourth-order valence-corrected chi connectivity index (χ4v) is 2.45. The van der Waals surface area contributed by atoms with E-state index in [1.807, 2.05) is 0 Å². The van der Waals surface area contributed by atoms with Gasteiger partial charge in [0.05, 0.1) is 18.9 Å². The molecule has 7 heteroatoms. The van der Waals surface area contributed by atoms with Crippen molar-refractivity contribution in [2.45, 2.75) is 0 Å². The summed E-state index contributed by atoms with van der Waals surface area (Å²) in [5.41, 5.74) is 3.24. The summed E-state index contributed by atoms with van der Waals surface area (Å²) < 4.78 is 6.70. The Morgan fingerprint density at radius 3 is 2.64 bits per heavy atom. The minimum Gasteiger partial charge on any atom is -0.507 e. The number of carbonyl (C=O) groups excluding carboxylic acids is 1. The number of phenols is 1. The van der Waals surface area contributed by atoms with Gasteiger partial charge in [0.15, 0.2) is 0 Å². The molecule has 0 bridgehead atoms. The molecule has 1 amide bonds. The van der Waals surface area contributed by atoms with Gasteiger partial charge in [0.25, 0.3) is 5.91 Å². The van der Waals surface area contributed by atoms with Crippen molar-refractivity contribution >= 4 is 44.0 Å². The van der Waals surface area contributed by atoms with E-state index in [1.165, 1.54) is 19.4 Å². The number of halogens is 2. The Bertz CT molecular complexity index is 733. The van der Waals surface area contributed by atoms with Crippen LogP contribution in [0.2, 0.25) is 0 Å². The van der Waals surface area contributed by atoms with Crippen LogP contribution in [0.3, 0.4) is 0 Å². The summed E-state index contributed by atoms with van der Waals surface area (Å²) in [6.45, 7) is 0. The standard InChI is InChI=1S/C15H12Br2N2O3/c1-22-14-5-3-11(17)7-12(14)15(21)19-18-8-9-6-10(16)2-4-13(9)20/h2-8,20H,1H3,(H,19,21). The molecule has 22 heavy (non-hydrogen) atoms. The number of hydrogen-bond acceptors (Lipinski definition) is 4. The predicted molar refractivity (Wildman–Crippen MR) is 91.6 cm³/mol. The number of nitrogens with zero attached hydrogens (tertiary/aromatic N) is 1. The second kappa shape index (κ2) is 7.42. The highest BCUT2D eigenvalue weighted by atomic mass is 79.9. The third kappa shape index (κ3) is 4.08. The molecule has 0 atom stereocenters. The van der Waals surface area contributed by atoms with Crippen molar-refractivity contribution in [3.63, 3.8) is 0 Å². The highest BCUT2D eigenvalue weighted by Crippen LogP contribution is 2.23. The summed E-state index contributed by atoms with van der Waals surface area (Å²) in [5, 5.41) is 13.5. The normalized spacial score (nSPS) is 10.7. The third-order valence-electron chi connectivity index (χ3n) is 2.77. The number of hydrogen-bond donors (Lipinski definition) is 2. The van der Waals surface area contributed by atoms with E-state index in [0.717, 1.165) is 8.95 Å². The molecular weight excluding hydrogens is 416 g/mol. The number of benzene rings is 2. The van der Waals surface area contributed by atoms with Crippen LogP contribution in [0.1, 0.15) is 15.9 Å². The summed E-state index contributed by atoms with van der Waals surface area (Å²) in [6.07, 6.45) is 1.36. The van der Waals surface area contributed by atoms with Gasteiger partial charge in [0.2, 0.25) is 0 Å². The van der Waals surface area contributed by atoms with Crippen LogP contribution >= 0.6 is 31.9 Å². The average molecular weight is 428 g/mol. The molecule has 2 N–H and O–H groups in total. The van der Waals surface area contributed by atoms with Gasteiger partial charge in [0.1, 0.15) is 11.5 Å². The van der Waals surface area contributed by atoms with Gasteiger partial charge in [-0.3, -0.25) is 4.79 Å². The Balaban J connectivity index is 2.14. The van der Waals surface area contributed by atoms with Gasteiger partial charge in [-0.05, 0) is 36.4 Å². The molecule has 0 aromatic heterocycles. The monoisotopic (exact) mass is 426 g/mol. The van der Waals surface area contributed by atoms with Gasteiger partial charge in [-0.1, -0.05) is 31.9 Å². The molecule has 2 aromatic carbocycles. The molecule has 0 aliphatic heterocycles. The fourth-order valence-electron chi connectivity index (χ4n) is 1.71. The summed E-state index contributed by atoms with van der Waals surface area (Å²) in [7, 11) is 1.49. The number of phenolic OH excluding ortho intramolecular Hbond substituents is 1. The molecule has 0 fully saturated rings. The maximum atomic E-state index is 12.1. The molecule has 2 rings (SSSR count). The number of methoxy groups -OCH3 is 1. The van der Waals surface area contributed by atoms with E-state index in [2.05, 4.69) is 42.4 Å². The number of nitrogens with one attached hydrogen (secondary N) is 1. The summed E-state index contributed by atoms with van der Waals surface area (Å²) >= 11 is 6.60. The largest absolute Gasteiger partial charge is 0.507 e. The molecule has 2 aromatic rings. The molecule has 0 aliphatic carbocycles. The van der Waals surface area contributed by atoms with Gasteiger partial charge in [-0.25, -0.2) is 5.43 Å². The summed E-state index contributed by atoms with van der Waals surface area (Å²) in [4.78, 5) is 12.1. The number of carbonyl (C=O) groups is 1. The second-order valence-corrected chi connectivity index (χ2v) is 6.08. The molecule has 0 aliphatic rings. The van der Waals surface area contributed by atoms with Gasteiger partial charge in [-0.15, -0.1) is 0 Å². The molecule has 0 saturated carbocycles. The minimum absolute atomic E-state index is 0.0706. The lowest BCUT2D eigenvalue weighted by atomic mass is 10.2. The van der Waals surface area contributed by atoms with E-state index < -0.39 is 5.91 Å². The first kappa shape index (κ1) is 16.5. The first-order valence-electron chi connectivity index (χ1n) is 6.16. The van der Waals surface area contributed by atoms with E-state index in [4.69, 9.17) is 4.74 Å². The number of rotatable bonds is 4. The van der Waals surface area contributed by atoms with Gasteiger partial charge < -0.3 is 9.84 Å². The summed E-state index contributed by atoms with van der Waals surface area (Å²) in [6, 6.07) is 10.0. The molecule has 0 saturated heterocycles. The lowest BCUT2D eigenvalue weighted by Crippen LogP contribution is -2.18. The van der Waals surface area contributed by atoms with Crippen molar-refractivity contribution in [1.29, 1.82) is 0 Å². The zero-order valence-electron chi connectivity index (χ0n) is 11.5. The summed E-state index contributed by atoms with van der Waals surface area (Å²) in [5.74, 6) is 0.103. The maximum Gasteiger partial charge on any atom is 0.275 e. The van der Waals surface area contributed by atoms with E-state index >= 15 is 0 Å². The van der Waals surface area contributed by atoms with Crippen LogP contribution in [0, 0.1) is 0 Å². The Hall–Kier alpha value is -1.86. The van der Waals surface area contributed by atoms with Crippen molar-refractivity contribution in [2.75, 3.05) is 7.11 Å². The van der Waals surface area contributed by atoms with Crippen molar-refractivity contribution in [1.82, 2.24) is 5.43 Å². The van der Waals surface area contributed by atoms with Crippen LogP contribution in [0.25, 0.3) is 0 Å². The third-order valence-corrected chi connectivity index (χ3v) is 3.75. The molecule has 0 unspecified atom stereocenters. The first-order chi connectivity index (χ1) is 10.5. The van der Waals surface area contributed by atoms with E-state index in [0.29, 0.717) is 16.9 Å². The fraction of sp³-hybridized carbons (Fsp3) is 0.0667. The minimum atomic E-state index is -0.413. The van der Waals surface area contributed by atoms with Crippen LogP contribution in [0.5, 0.6) is 11.5 Å². The Morgan fingerprint density at radius 1 is 1.23 bits per heavy atom. The molecule has 5 nitrogen and oxygen atoms in total. The Labute approximate surface area is 144 Å². The first-order valence-corrected chi connectivity index (χ1v) is 7.75.